The summed E-state index contributed by atoms with van der Waals surface area (Å²) in [5, 5.41) is 0. The van der Waals surface area contributed by atoms with Gasteiger partial charge in [-0.3, -0.25) is 10.2 Å². The predicted octanol–water partition coefficient (Wildman–Crippen LogP) is 3.30. The number of hydrazine groups is 1. The van der Waals surface area contributed by atoms with E-state index in [1.165, 1.54) is 6.07 Å². The van der Waals surface area contributed by atoms with Gasteiger partial charge in [0.05, 0.1) is 6.04 Å². The van der Waals surface area contributed by atoms with Crippen molar-refractivity contribution in [1.82, 2.24) is 15.8 Å². The minimum Gasteiger partial charge on any atom is -0.334 e. The van der Waals surface area contributed by atoms with Crippen LogP contribution in [0.4, 0.5) is 4.39 Å². The molecule has 0 radical (unpaired) electrons. The van der Waals surface area contributed by atoms with Crippen LogP contribution in [0, 0.1) is 5.82 Å². The predicted molar refractivity (Wildman–Crippen MR) is 92.7 cm³/mol. The van der Waals surface area contributed by atoms with Crippen molar-refractivity contribution in [2.75, 3.05) is 6.54 Å². The van der Waals surface area contributed by atoms with E-state index in [1.54, 1.807) is 12.1 Å². The smallest absolute Gasteiger partial charge is 0.241 e. The molecule has 2 N–H and O–H groups in total. The summed E-state index contributed by atoms with van der Waals surface area (Å²) in [5.74, 6) is -0.0786. The maximum atomic E-state index is 13.7. The molecule has 0 bridgehead atoms. The van der Waals surface area contributed by atoms with Gasteiger partial charge in [0.1, 0.15) is 11.9 Å². The average molecular weight is 333 g/mol. The molecule has 2 aliphatic heterocycles. The Morgan fingerprint density at radius 2 is 2.17 bits per heavy atom. The van der Waals surface area contributed by atoms with Crippen molar-refractivity contribution in [3.8, 4) is 0 Å². The molecule has 2 fully saturated rings. The van der Waals surface area contributed by atoms with Crippen molar-refractivity contribution in [1.29, 1.82) is 0 Å². The molecule has 1 amide bonds. The molecule has 3 unspecified atom stereocenters. The van der Waals surface area contributed by atoms with Crippen LogP contribution in [0.25, 0.3) is 0 Å². The Bertz CT molecular complexity index is 565. The van der Waals surface area contributed by atoms with E-state index in [0.29, 0.717) is 6.04 Å². The van der Waals surface area contributed by atoms with Gasteiger partial charge in [0, 0.05) is 12.6 Å². The number of carbonyl (C=O) groups is 1. The third kappa shape index (κ3) is 3.95. The Morgan fingerprint density at radius 1 is 1.29 bits per heavy atom. The zero-order chi connectivity index (χ0) is 16.9. The number of nitrogens with zero attached hydrogens (tertiary/aromatic N) is 1. The lowest BCUT2D eigenvalue weighted by Gasteiger charge is -2.32. The van der Waals surface area contributed by atoms with Gasteiger partial charge in [-0.2, -0.15) is 0 Å². The number of likely N-dealkylation sites (tertiary alicyclic amines) is 1. The molecule has 0 aliphatic carbocycles. The summed E-state index contributed by atoms with van der Waals surface area (Å²) in [4.78, 5) is 15.1. The summed E-state index contributed by atoms with van der Waals surface area (Å²) in [6.07, 6.45) is 7.16. The van der Waals surface area contributed by atoms with Crippen LogP contribution in [-0.2, 0) is 4.79 Å². The maximum absolute atomic E-state index is 13.7. The van der Waals surface area contributed by atoms with Crippen molar-refractivity contribution in [3.05, 3.63) is 35.6 Å². The summed E-state index contributed by atoms with van der Waals surface area (Å²) in [6.45, 7) is 2.92. The molecule has 2 saturated heterocycles. The van der Waals surface area contributed by atoms with E-state index >= 15 is 0 Å². The number of nitrogens with one attached hydrogen (secondary N) is 2. The average Bonchev–Trinajstić information content (AvgIpc) is 2.90. The van der Waals surface area contributed by atoms with Gasteiger partial charge >= 0.3 is 0 Å². The van der Waals surface area contributed by atoms with E-state index in [-0.39, 0.29) is 23.8 Å². The van der Waals surface area contributed by atoms with Crippen molar-refractivity contribution in [2.45, 2.75) is 70.0 Å². The lowest BCUT2D eigenvalue weighted by atomic mass is 9.99. The second-order valence-electron chi connectivity index (χ2n) is 7.01. The highest BCUT2D eigenvalue weighted by atomic mass is 19.1. The van der Waals surface area contributed by atoms with Crippen LogP contribution < -0.4 is 10.9 Å². The molecular weight excluding hydrogens is 305 g/mol. The number of carbonyl (C=O) groups excluding carboxylic acids is 1. The quantitative estimate of drug-likeness (QED) is 0.888. The molecule has 132 valence electrons. The molecule has 0 spiro atoms. The van der Waals surface area contributed by atoms with Crippen LogP contribution in [0.1, 0.15) is 63.5 Å². The van der Waals surface area contributed by atoms with Gasteiger partial charge in [-0.1, -0.05) is 38.3 Å². The van der Waals surface area contributed by atoms with Crippen LogP contribution in [-0.4, -0.2) is 29.4 Å². The number of rotatable bonds is 4. The number of hydrogen-bond donors (Lipinski definition) is 2. The molecule has 3 atom stereocenters. The number of amides is 1. The molecule has 0 aromatic heterocycles. The van der Waals surface area contributed by atoms with E-state index in [4.69, 9.17) is 0 Å². The van der Waals surface area contributed by atoms with Crippen molar-refractivity contribution < 1.29 is 9.18 Å². The largest absolute Gasteiger partial charge is 0.334 e. The number of halogens is 1. The summed E-state index contributed by atoms with van der Waals surface area (Å²) >= 11 is 0. The third-order valence-corrected chi connectivity index (χ3v) is 5.19. The fraction of sp³-hybridized carbons (Fsp3) is 0.632. The fourth-order valence-electron chi connectivity index (χ4n) is 3.95. The monoisotopic (exact) mass is 333 g/mol. The Labute approximate surface area is 143 Å². The third-order valence-electron chi connectivity index (χ3n) is 5.19. The zero-order valence-corrected chi connectivity index (χ0v) is 14.4. The molecule has 1 aromatic carbocycles. The standard InChI is InChI=1S/C19H28FN3O/c1-2-7-16-13-17(22-21-16)19(24)23-11-5-3-4-10-18(23)14-8-6-9-15(20)12-14/h6,8-9,12,16-18,21-22H,2-5,7,10-11,13H2,1H3. The SMILES string of the molecule is CCCC1CC(C(=O)N2CCCCCC2c2cccc(F)c2)NN1. The second kappa shape index (κ2) is 8.08. The van der Waals surface area contributed by atoms with E-state index in [0.717, 1.165) is 57.1 Å². The molecule has 2 heterocycles. The summed E-state index contributed by atoms with van der Waals surface area (Å²) in [7, 11) is 0. The minimum atomic E-state index is -0.229. The van der Waals surface area contributed by atoms with Crippen LogP contribution in [0.3, 0.4) is 0 Å². The highest BCUT2D eigenvalue weighted by molar-refractivity contribution is 5.82. The number of hydrogen-bond acceptors (Lipinski definition) is 3. The van der Waals surface area contributed by atoms with E-state index in [2.05, 4.69) is 17.8 Å². The van der Waals surface area contributed by atoms with Crippen LogP contribution in [0.5, 0.6) is 0 Å². The number of benzene rings is 1. The molecule has 3 rings (SSSR count). The normalized spacial score (nSPS) is 27.9. The van der Waals surface area contributed by atoms with Gasteiger partial charge in [0.15, 0.2) is 0 Å². The van der Waals surface area contributed by atoms with E-state index in [1.807, 2.05) is 11.0 Å². The summed E-state index contributed by atoms with van der Waals surface area (Å²) < 4.78 is 13.7. The van der Waals surface area contributed by atoms with Crippen molar-refractivity contribution in [3.63, 3.8) is 0 Å². The van der Waals surface area contributed by atoms with Crippen LogP contribution >= 0.6 is 0 Å². The lowest BCUT2D eigenvalue weighted by molar-refractivity contribution is -0.135. The molecule has 2 aliphatic rings. The van der Waals surface area contributed by atoms with Gasteiger partial charge in [-0.25, -0.2) is 9.82 Å². The highest BCUT2D eigenvalue weighted by Gasteiger charge is 2.35. The topological polar surface area (TPSA) is 44.4 Å². The second-order valence-corrected chi connectivity index (χ2v) is 7.01. The minimum absolute atomic E-state index is 0.0114. The Morgan fingerprint density at radius 3 is 2.96 bits per heavy atom. The van der Waals surface area contributed by atoms with Crippen molar-refractivity contribution in [2.24, 2.45) is 0 Å². The van der Waals surface area contributed by atoms with Crippen LogP contribution in [0.2, 0.25) is 0 Å². The zero-order valence-electron chi connectivity index (χ0n) is 14.4. The first-order valence-electron chi connectivity index (χ1n) is 9.26. The summed E-state index contributed by atoms with van der Waals surface area (Å²) in [5.41, 5.74) is 7.34. The van der Waals surface area contributed by atoms with Crippen molar-refractivity contribution >= 4 is 5.91 Å². The Kier molecular flexibility index (Phi) is 5.85. The maximum Gasteiger partial charge on any atom is 0.241 e. The van der Waals surface area contributed by atoms with E-state index < -0.39 is 0 Å². The first-order chi connectivity index (χ1) is 11.7. The van der Waals surface area contributed by atoms with Gasteiger partial charge in [-0.05, 0) is 43.4 Å². The van der Waals surface area contributed by atoms with Gasteiger partial charge in [-0.15, -0.1) is 0 Å². The fourth-order valence-corrected chi connectivity index (χ4v) is 3.95. The van der Waals surface area contributed by atoms with Gasteiger partial charge < -0.3 is 4.90 Å². The molecule has 4 nitrogen and oxygen atoms in total. The molecular formula is C19H28FN3O. The molecule has 5 heteroatoms. The first-order valence-corrected chi connectivity index (χ1v) is 9.26. The first kappa shape index (κ1) is 17.4. The Balaban J connectivity index is 1.76. The molecule has 1 aromatic rings. The Hall–Kier alpha value is -1.46. The van der Waals surface area contributed by atoms with Gasteiger partial charge in [0.25, 0.3) is 0 Å². The van der Waals surface area contributed by atoms with Crippen LogP contribution in [0.15, 0.2) is 24.3 Å². The lowest BCUT2D eigenvalue weighted by Crippen LogP contribution is -2.47. The summed E-state index contributed by atoms with van der Waals surface area (Å²) in [6, 6.07) is 6.91. The molecule has 24 heavy (non-hydrogen) atoms. The highest BCUT2D eigenvalue weighted by Crippen LogP contribution is 2.31. The van der Waals surface area contributed by atoms with E-state index in [9.17, 15) is 9.18 Å². The van der Waals surface area contributed by atoms with Gasteiger partial charge in [0.2, 0.25) is 5.91 Å². The molecule has 0 saturated carbocycles.